The fourth-order valence-electron chi connectivity index (χ4n) is 3.69. The number of nitrogens with zero attached hydrogens (tertiary/aromatic N) is 2. The highest BCUT2D eigenvalue weighted by Crippen LogP contribution is 2.28. The second kappa shape index (κ2) is 8.28. The van der Waals surface area contributed by atoms with Crippen LogP contribution in [-0.4, -0.2) is 25.7 Å². The topological polar surface area (TPSA) is 65.4 Å². The number of nitrogens with one attached hydrogen (secondary N) is 1. The number of carbonyl (C=O) groups is 1. The van der Waals surface area contributed by atoms with Gasteiger partial charge in [-0.3, -0.25) is 4.79 Å². The average molecular weight is 373 g/mol. The summed E-state index contributed by atoms with van der Waals surface area (Å²) in [6, 6.07) is 18.5. The molecule has 2 aromatic carbocycles. The number of hydrogen-bond donors (Lipinski definition) is 1. The lowest BCUT2D eigenvalue weighted by Crippen LogP contribution is -2.30. The van der Waals surface area contributed by atoms with Gasteiger partial charge in [-0.25, -0.2) is 0 Å². The highest BCUT2D eigenvalue weighted by atomic mass is 16.5. The lowest BCUT2D eigenvalue weighted by molar-refractivity contribution is -0.117. The van der Waals surface area contributed by atoms with Gasteiger partial charge in [0.1, 0.15) is 11.6 Å². The van der Waals surface area contributed by atoms with Gasteiger partial charge in [0.2, 0.25) is 0 Å². The number of fused-ring (bicyclic) bond motifs is 1. The van der Waals surface area contributed by atoms with Gasteiger partial charge in [0.05, 0.1) is 6.61 Å². The van der Waals surface area contributed by atoms with Crippen molar-refractivity contribution in [2.45, 2.75) is 19.5 Å². The van der Waals surface area contributed by atoms with Gasteiger partial charge in [0.25, 0.3) is 5.91 Å². The van der Waals surface area contributed by atoms with Crippen LogP contribution < -0.4 is 10.2 Å². The number of anilines is 1. The lowest BCUT2D eigenvalue weighted by atomic mass is 10.1. The molecule has 1 amide bonds. The Morgan fingerprint density at radius 1 is 1.18 bits per heavy atom. The van der Waals surface area contributed by atoms with E-state index in [9.17, 15) is 10.1 Å². The van der Waals surface area contributed by atoms with Gasteiger partial charge in [-0.05, 0) is 41.3 Å². The van der Waals surface area contributed by atoms with E-state index in [1.54, 1.807) is 6.08 Å². The maximum absolute atomic E-state index is 12.3. The van der Waals surface area contributed by atoms with Crippen molar-refractivity contribution in [2.24, 2.45) is 5.92 Å². The molecule has 1 N–H and O–H groups in total. The van der Waals surface area contributed by atoms with Gasteiger partial charge >= 0.3 is 0 Å². The van der Waals surface area contributed by atoms with Crippen LogP contribution in [0, 0.1) is 17.2 Å². The van der Waals surface area contributed by atoms with Gasteiger partial charge in [-0.15, -0.1) is 0 Å². The average Bonchev–Trinajstić information content (AvgIpc) is 3.40. The van der Waals surface area contributed by atoms with Crippen molar-refractivity contribution in [3.63, 3.8) is 0 Å². The van der Waals surface area contributed by atoms with Crippen LogP contribution in [-0.2, 0) is 22.6 Å². The Morgan fingerprint density at radius 3 is 2.50 bits per heavy atom. The Morgan fingerprint density at radius 2 is 1.89 bits per heavy atom. The van der Waals surface area contributed by atoms with E-state index in [2.05, 4.69) is 34.5 Å². The quantitative estimate of drug-likeness (QED) is 0.645. The van der Waals surface area contributed by atoms with E-state index >= 15 is 0 Å². The van der Waals surface area contributed by atoms with Gasteiger partial charge in [0, 0.05) is 37.8 Å². The Hall–Kier alpha value is -3.10. The number of hydrogen-bond acceptors (Lipinski definition) is 4. The minimum Gasteiger partial charge on any atom is -0.381 e. The summed E-state index contributed by atoms with van der Waals surface area (Å²) in [6.07, 6.45) is 2.59. The maximum Gasteiger partial charge on any atom is 0.261 e. The molecule has 1 saturated heterocycles. The highest BCUT2D eigenvalue weighted by molar-refractivity contribution is 6.01. The third-order valence-electron chi connectivity index (χ3n) is 5.35. The second-order valence-corrected chi connectivity index (χ2v) is 7.33. The van der Waals surface area contributed by atoms with Crippen LogP contribution in [0.4, 0.5) is 5.69 Å². The van der Waals surface area contributed by atoms with Crippen molar-refractivity contribution in [1.82, 2.24) is 5.32 Å². The Bertz CT molecular complexity index is 897. The van der Waals surface area contributed by atoms with E-state index in [0.29, 0.717) is 19.1 Å². The molecule has 4 rings (SSSR count). The van der Waals surface area contributed by atoms with E-state index in [4.69, 9.17) is 4.74 Å². The molecule has 142 valence electrons. The lowest BCUT2D eigenvalue weighted by Gasteiger charge is -2.17. The molecular weight excluding hydrogens is 350 g/mol. The van der Waals surface area contributed by atoms with Crippen LogP contribution in [0.5, 0.6) is 0 Å². The third-order valence-corrected chi connectivity index (χ3v) is 5.35. The summed E-state index contributed by atoms with van der Waals surface area (Å²) in [6.45, 7) is 3.78. The zero-order chi connectivity index (χ0) is 19.3. The van der Waals surface area contributed by atoms with Crippen molar-refractivity contribution in [1.29, 1.82) is 5.26 Å². The standard InChI is InChI=1S/C23H23N3O2/c24-12-21(23(27)25-13-18-9-10-28-16-18)11-17-5-7-22(8-6-17)26-14-19-3-1-2-4-20(19)15-26/h1-8,11,18H,9-10,13-16H2,(H,25,27). The van der Waals surface area contributed by atoms with E-state index < -0.39 is 0 Å². The molecule has 1 atom stereocenters. The van der Waals surface area contributed by atoms with Gasteiger partial charge < -0.3 is 15.0 Å². The van der Waals surface area contributed by atoms with E-state index in [1.165, 1.54) is 11.1 Å². The number of rotatable bonds is 5. The molecule has 0 aliphatic carbocycles. The minimum atomic E-state index is -0.325. The molecule has 5 nitrogen and oxygen atoms in total. The largest absolute Gasteiger partial charge is 0.381 e. The number of benzene rings is 2. The minimum absolute atomic E-state index is 0.125. The molecule has 2 aliphatic heterocycles. The van der Waals surface area contributed by atoms with E-state index in [0.717, 1.165) is 37.4 Å². The van der Waals surface area contributed by atoms with Crippen molar-refractivity contribution in [2.75, 3.05) is 24.7 Å². The number of ether oxygens (including phenoxy) is 1. The van der Waals surface area contributed by atoms with Crippen molar-refractivity contribution in [3.05, 3.63) is 70.8 Å². The fraction of sp³-hybridized carbons (Fsp3) is 0.304. The van der Waals surface area contributed by atoms with Gasteiger partial charge in [0.15, 0.2) is 0 Å². The first-order valence-corrected chi connectivity index (χ1v) is 9.62. The first-order valence-electron chi connectivity index (χ1n) is 9.62. The van der Waals surface area contributed by atoms with E-state index in [1.807, 2.05) is 30.3 Å². The summed E-state index contributed by atoms with van der Waals surface area (Å²) in [5.41, 5.74) is 4.83. The molecule has 0 radical (unpaired) electrons. The zero-order valence-electron chi connectivity index (χ0n) is 15.7. The van der Waals surface area contributed by atoms with Crippen LogP contribution >= 0.6 is 0 Å². The monoisotopic (exact) mass is 373 g/mol. The maximum atomic E-state index is 12.3. The van der Waals surface area contributed by atoms with Crippen molar-refractivity contribution >= 4 is 17.7 Å². The molecule has 1 unspecified atom stereocenters. The fourth-order valence-corrected chi connectivity index (χ4v) is 3.69. The second-order valence-electron chi connectivity index (χ2n) is 7.33. The summed E-state index contributed by atoms with van der Waals surface area (Å²) in [7, 11) is 0. The Kier molecular flexibility index (Phi) is 5.41. The summed E-state index contributed by atoms with van der Waals surface area (Å²) in [5.74, 6) is 0.0150. The summed E-state index contributed by atoms with van der Waals surface area (Å²) in [5, 5.41) is 12.2. The summed E-state index contributed by atoms with van der Waals surface area (Å²) in [4.78, 5) is 14.6. The van der Waals surface area contributed by atoms with Crippen LogP contribution in [0.2, 0.25) is 0 Å². The zero-order valence-corrected chi connectivity index (χ0v) is 15.7. The molecule has 0 aromatic heterocycles. The third kappa shape index (κ3) is 4.08. The predicted molar refractivity (Wildman–Crippen MR) is 108 cm³/mol. The molecule has 5 heteroatoms. The normalized spacial score (nSPS) is 18.6. The number of amides is 1. The van der Waals surface area contributed by atoms with Crippen LogP contribution in [0.1, 0.15) is 23.1 Å². The molecule has 2 aromatic rings. The molecular formula is C23H23N3O2. The van der Waals surface area contributed by atoms with Crippen LogP contribution in [0.3, 0.4) is 0 Å². The Labute approximate surface area is 165 Å². The van der Waals surface area contributed by atoms with E-state index in [-0.39, 0.29) is 11.5 Å². The van der Waals surface area contributed by atoms with Gasteiger partial charge in [-0.1, -0.05) is 36.4 Å². The SMILES string of the molecule is N#CC(=Cc1ccc(N2Cc3ccccc3C2)cc1)C(=O)NCC1CCOC1. The highest BCUT2D eigenvalue weighted by Gasteiger charge is 2.19. The first-order chi connectivity index (χ1) is 13.7. The first kappa shape index (κ1) is 18.3. The molecule has 2 heterocycles. The predicted octanol–water partition coefficient (Wildman–Crippen LogP) is 3.27. The molecule has 2 aliphatic rings. The molecule has 0 spiro atoms. The number of nitriles is 1. The molecule has 1 fully saturated rings. The van der Waals surface area contributed by atoms with Crippen molar-refractivity contribution in [3.8, 4) is 6.07 Å². The summed E-state index contributed by atoms with van der Waals surface area (Å²) >= 11 is 0. The van der Waals surface area contributed by atoms with Gasteiger partial charge in [-0.2, -0.15) is 5.26 Å². The Balaban J connectivity index is 1.40. The smallest absolute Gasteiger partial charge is 0.261 e. The molecule has 0 bridgehead atoms. The van der Waals surface area contributed by atoms with Crippen LogP contribution in [0.25, 0.3) is 6.08 Å². The number of carbonyl (C=O) groups excluding carboxylic acids is 1. The van der Waals surface area contributed by atoms with Crippen molar-refractivity contribution < 1.29 is 9.53 Å². The molecule has 0 saturated carbocycles. The van der Waals surface area contributed by atoms with Crippen LogP contribution in [0.15, 0.2) is 54.1 Å². The molecule has 28 heavy (non-hydrogen) atoms. The summed E-state index contributed by atoms with van der Waals surface area (Å²) < 4.78 is 5.31.